The van der Waals surface area contributed by atoms with Gasteiger partial charge in [-0.05, 0) is 0 Å². The van der Waals surface area contributed by atoms with Crippen LogP contribution in [-0.2, 0) is 0 Å². The molecule has 0 amide bonds. The van der Waals surface area contributed by atoms with Crippen LogP contribution in [0.15, 0.2) is 16.5 Å². The van der Waals surface area contributed by atoms with E-state index in [0.717, 1.165) is 5.76 Å². The van der Waals surface area contributed by atoms with Crippen LogP contribution in [0.5, 0.6) is 0 Å². The number of rotatable bonds is 2. The summed E-state index contributed by atoms with van der Waals surface area (Å²) >= 11 is 0.564. The SMILES string of the molecule is CC[Se]c1ccc(C)o1. The van der Waals surface area contributed by atoms with Gasteiger partial charge in [0.05, 0.1) is 0 Å². The van der Waals surface area contributed by atoms with Gasteiger partial charge in [-0.15, -0.1) is 0 Å². The minimum absolute atomic E-state index is 0.564. The molecule has 0 atom stereocenters. The minimum atomic E-state index is 0.564. The normalized spacial score (nSPS) is 10.0. The second-order valence-electron chi connectivity index (χ2n) is 1.80. The average molecular weight is 189 g/mol. The Labute approximate surface area is 61.6 Å². The molecule has 0 N–H and O–H groups in total. The second kappa shape index (κ2) is 3.09. The molecule has 0 saturated carbocycles. The quantitative estimate of drug-likeness (QED) is 0.640. The summed E-state index contributed by atoms with van der Waals surface area (Å²) in [6, 6.07) is 4.09. The summed E-state index contributed by atoms with van der Waals surface area (Å²) in [5.41, 5.74) is 0. The van der Waals surface area contributed by atoms with E-state index in [0.29, 0.717) is 15.0 Å². The van der Waals surface area contributed by atoms with Crippen molar-refractivity contribution in [3.05, 3.63) is 17.9 Å². The van der Waals surface area contributed by atoms with Crippen molar-refractivity contribution >= 4 is 19.6 Å². The molecule has 1 aromatic heterocycles. The van der Waals surface area contributed by atoms with E-state index >= 15 is 0 Å². The van der Waals surface area contributed by atoms with Crippen molar-refractivity contribution < 1.29 is 4.42 Å². The molecule has 0 aliphatic rings. The molecule has 0 unspecified atom stereocenters. The first-order chi connectivity index (χ1) is 4.33. The molecule has 0 aliphatic carbocycles. The summed E-state index contributed by atoms with van der Waals surface area (Å²) in [6.45, 7) is 4.16. The zero-order valence-electron chi connectivity index (χ0n) is 5.68. The van der Waals surface area contributed by atoms with Crippen molar-refractivity contribution in [3.8, 4) is 0 Å². The predicted octanol–water partition coefficient (Wildman–Crippen LogP) is 1.36. The molecule has 0 radical (unpaired) electrons. The maximum atomic E-state index is 5.35. The third-order valence-corrected chi connectivity index (χ3v) is 2.67. The van der Waals surface area contributed by atoms with E-state index in [-0.39, 0.29) is 0 Å². The van der Waals surface area contributed by atoms with Gasteiger partial charge in [-0.2, -0.15) is 0 Å². The van der Waals surface area contributed by atoms with Crippen molar-refractivity contribution in [2.75, 3.05) is 0 Å². The van der Waals surface area contributed by atoms with Crippen molar-refractivity contribution in [3.63, 3.8) is 0 Å². The number of hydrogen-bond donors (Lipinski definition) is 0. The van der Waals surface area contributed by atoms with Gasteiger partial charge in [-0.1, -0.05) is 0 Å². The standard InChI is InChI=1S/C7H10OSe/c1-3-9-7-5-4-6(2)8-7/h4-5H,3H2,1-2H3. The molecule has 0 aromatic carbocycles. The summed E-state index contributed by atoms with van der Waals surface area (Å²) in [6.07, 6.45) is 0. The van der Waals surface area contributed by atoms with E-state index in [1.54, 1.807) is 0 Å². The number of hydrogen-bond acceptors (Lipinski definition) is 1. The molecule has 0 saturated heterocycles. The molecule has 0 fully saturated rings. The van der Waals surface area contributed by atoms with Crippen LogP contribution in [-0.4, -0.2) is 15.0 Å². The Hall–Kier alpha value is -0.201. The van der Waals surface area contributed by atoms with Gasteiger partial charge in [0, 0.05) is 0 Å². The molecule has 0 aliphatic heterocycles. The maximum absolute atomic E-state index is 5.35. The second-order valence-corrected chi connectivity index (χ2v) is 4.46. The van der Waals surface area contributed by atoms with Crippen LogP contribution in [0.2, 0.25) is 5.32 Å². The number of aryl methyl sites for hydroxylation is 1. The van der Waals surface area contributed by atoms with E-state index in [1.165, 1.54) is 9.98 Å². The van der Waals surface area contributed by atoms with E-state index < -0.39 is 0 Å². The number of furan rings is 1. The fourth-order valence-electron chi connectivity index (χ4n) is 0.632. The van der Waals surface area contributed by atoms with Gasteiger partial charge in [0.2, 0.25) is 0 Å². The van der Waals surface area contributed by atoms with Gasteiger partial charge in [-0.3, -0.25) is 0 Å². The third-order valence-electron chi connectivity index (χ3n) is 1.00. The van der Waals surface area contributed by atoms with Crippen LogP contribution < -0.4 is 4.66 Å². The van der Waals surface area contributed by atoms with E-state index in [2.05, 4.69) is 13.0 Å². The summed E-state index contributed by atoms with van der Waals surface area (Å²) in [4.78, 5) is 0. The van der Waals surface area contributed by atoms with Crippen molar-refractivity contribution in [2.45, 2.75) is 19.2 Å². The summed E-state index contributed by atoms with van der Waals surface area (Å²) in [5.74, 6) is 1.03. The topological polar surface area (TPSA) is 13.1 Å². The molecule has 1 nitrogen and oxygen atoms in total. The van der Waals surface area contributed by atoms with Crippen molar-refractivity contribution in [2.24, 2.45) is 0 Å². The molecule has 1 rings (SSSR count). The first-order valence-electron chi connectivity index (χ1n) is 3.02. The van der Waals surface area contributed by atoms with E-state index in [4.69, 9.17) is 4.42 Å². The first-order valence-corrected chi connectivity index (χ1v) is 5.09. The van der Waals surface area contributed by atoms with E-state index in [1.807, 2.05) is 13.0 Å². The van der Waals surface area contributed by atoms with Crippen LogP contribution in [0.1, 0.15) is 12.7 Å². The zero-order valence-corrected chi connectivity index (χ0v) is 7.39. The summed E-state index contributed by atoms with van der Waals surface area (Å²) < 4.78 is 6.52. The van der Waals surface area contributed by atoms with Gasteiger partial charge < -0.3 is 0 Å². The van der Waals surface area contributed by atoms with Crippen LogP contribution in [0, 0.1) is 6.92 Å². The van der Waals surface area contributed by atoms with Gasteiger partial charge >= 0.3 is 61.1 Å². The van der Waals surface area contributed by atoms with Crippen molar-refractivity contribution in [1.82, 2.24) is 0 Å². The monoisotopic (exact) mass is 190 g/mol. The summed E-state index contributed by atoms with van der Waals surface area (Å²) in [7, 11) is 0. The predicted molar refractivity (Wildman–Crippen MR) is 39.3 cm³/mol. The molecule has 0 spiro atoms. The van der Waals surface area contributed by atoms with Crippen molar-refractivity contribution in [1.29, 1.82) is 0 Å². The molecular weight excluding hydrogens is 179 g/mol. The Morgan fingerprint density at radius 2 is 2.33 bits per heavy atom. The fourth-order valence-corrected chi connectivity index (χ4v) is 1.97. The molecule has 9 heavy (non-hydrogen) atoms. The van der Waals surface area contributed by atoms with Crippen LogP contribution in [0.4, 0.5) is 0 Å². The van der Waals surface area contributed by atoms with E-state index in [9.17, 15) is 0 Å². The Kier molecular flexibility index (Phi) is 2.37. The van der Waals surface area contributed by atoms with Crippen LogP contribution in [0.25, 0.3) is 0 Å². The molecular formula is C7H10OSe. The molecule has 50 valence electrons. The Morgan fingerprint density at radius 1 is 1.56 bits per heavy atom. The molecule has 2 heteroatoms. The van der Waals surface area contributed by atoms with Crippen LogP contribution >= 0.6 is 0 Å². The third kappa shape index (κ3) is 1.88. The van der Waals surface area contributed by atoms with Crippen LogP contribution in [0.3, 0.4) is 0 Å². The van der Waals surface area contributed by atoms with Gasteiger partial charge in [0.25, 0.3) is 0 Å². The molecule has 1 heterocycles. The van der Waals surface area contributed by atoms with Gasteiger partial charge in [-0.25, -0.2) is 0 Å². The Morgan fingerprint density at radius 3 is 2.78 bits per heavy atom. The zero-order chi connectivity index (χ0) is 6.69. The Bertz CT molecular complexity index is 181. The Balaban J connectivity index is 2.61. The fraction of sp³-hybridized carbons (Fsp3) is 0.429. The molecule has 0 bridgehead atoms. The molecule has 1 aromatic rings. The van der Waals surface area contributed by atoms with Gasteiger partial charge in [0.1, 0.15) is 0 Å². The summed E-state index contributed by atoms with van der Waals surface area (Å²) in [5, 5.41) is 1.22. The average Bonchev–Trinajstić information content (AvgIpc) is 2.17. The first kappa shape index (κ1) is 6.91. The van der Waals surface area contributed by atoms with Gasteiger partial charge in [0.15, 0.2) is 0 Å².